The quantitative estimate of drug-likeness (QED) is 0.272. The molecule has 0 bridgehead atoms. The van der Waals surface area contributed by atoms with Gasteiger partial charge in [-0.05, 0) is 31.6 Å². The molecule has 0 aromatic heterocycles. The number of methoxy groups -OCH3 is 2. The summed E-state index contributed by atoms with van der Waals surface area (Å²) in [6.45, 7) is 9.91. The molecule has 0 aromatic rings. The molecule has 7 heteroatoms. The number of esters is 1. The molecule has 7 nitrogen and oxygen atoms in total. The van der Waals surface area contributed by atoms with Crippen molar-refractivity contribution in [2.75, 3.05) is 21.3 Å². The van der Waals surface area contributed by atoms with Crippen molar-refractivity contribution in [1.82, 2.24) is 4.90 Å². The van der Waals surface area contributed by atoms with E-state index in [4.69, 9.17) is 14.2 Å². The van der Waals surface area contributed by atoms with E-state index in [2.05, 4.69) is 6.92 Å². The SMILES string of the molecule is CCC(=O)OC(CCC(C)C(CC(O)CC)OC)C(C)C(OC)C(C)C=CN(C)C=O. The van der Waals surface area contributed by atoms with Crippen LogP contribution in [-0.2, 0) is 23.8 Å². The lowest BCUT2D eigenvalue weighted by atomic mass is 9.84. The number of hydrogen-bond donors (Lipinski definition) is 1. The van der Waals surface area contributed by atoms with Gasteiger partial charge >= 0.3 is 5.97 Å². The molecule has 1 amide bonds. The number of nitrogens with zero attached hydrogens (tertiary/aromatic N) is 1. The van der Waals surface area contributed by atoms with Crippen LogP contribution in [-0.4, -0.2) is 68.1 Å². The number of hydrogen-bond acceptors (Lipinski definition) is 6. The number of ether oxygens (including phenoxy) is 3. The van der Waals surface area contributed by atoms with E-state index in [1.54, 1.807) is 34.4 Å². The second kappa shape index (κ2) is 16.2. The van der Waals surface area contributed by atoms with Crippen LogP contribution in [0.1, 0.15) is 66.7 Å². The maximum Gasteiger partial charge on any atom is 0.305 e. The second-order valence-corrected chi connectivity index (χ2v) is 8.54. The molecule has 0 saturated carbocycles. The second-order valence-electron chi connectivity index (χ2n) is 8.54. The van der Waals surface area contributed by atoms with Crippen molar-refractivity contribution in [3.05, 3.63) is 12.3 Å². The average molecular weight is 444 g/mol. The molecule has 0 aliphatic carbocycles. The highest BCUT2D eigenvalue weighted by molar-refractivity contribution is 5.69. The summed E-state index contributed by atoms with van der Waals surface area (Å²) in [5.41, 5.74) is 0. The van der Waals surface area contributed by atoms with Gasteiger partial charge in [0.25, 0.3) is 0 Å². The minimum Gasteiger partial charge on any atom is -0.462 e. The number of carbonyl (C=O) groups excluding carboxylic acids is 2. The zero-order chi connectivity index (χ0) is 24.0. The van der Waals surface area contributed by atoms with Gasteiger partial charge in [-0.2, -0.15) is 0 Å². The van der Waals surface area contributed by atoms with Crippen LogP contribution in [0.4, 0.5) is 0 Å². The molecule has 0 fully saturated rings. The molecule has 31 heavy (non-hydrogen) atoms. The fraction of sp³-hybridized carbons (Fsp3) is 0.833. The van der Waals surface area contributed by atoms with Gasteiger partial charge in [-0.15, -0.1) is 0 Å². The third kappa shape index (κ3) is 11.1. The summed E-state index contributed by atoms with van der Waals surface area (Å²) in [5.74, 6) is -0.0427. The lowest BCUT2D eigenvalue weighted by Crippen LogP contribution is -2.38. The van der Waals surface area contributed by atoms with Crippen LogP contribution in [0.3, 0.4) is 0 Å². The highest BCUT2D eigenvalue weighted by atomic mass is 16.5. The summed E-state index contributed by atoms with van der Waals surface area (Å²) in [5, 5.41) is 10.0. The summed E-state index contributed by atoms with van der Waals surface area (Å²) in [7, 11) is 5.01. The lowest BCUT2D eigenvalue weighted by Gasteiger charge is -2.34. The normalized spacial score (nSPS) is 18.6. The number of rotatable bonds is 17. The van der Waals surface area contributed by atoms with Crippen LogP contribution in [0.2, 0.25) is 0 Å². The Labute approximate surface area is 189 Å². The number of aliphatic hydroxyl groups is 1. The van der Waals surface area contributed by atoms with Crippen LogP contribution in [0.15, 0.2) is 12.3 Å². The average Bonchev–Trinajstić information content (AvgIpc) is 2.77. The largest absolute Gasteiger partial charge is 0.462 e. The molecule has 0 radical (unpaired) electrons. The highest BCUT2D eigenvalue weighted by Crippen LogP contribution is 2.28. The topological polar surface area (TPSA) is 85.3 Å². The van der Waals surface area contributed by atoms with E-state index in [1.807, 2.05) is 26.8 Å². The zero-order valence-electron chi connectivity index (χ0n) is 20.7. The molecule has 7 unspecified atom stereocenters. The third-order valence-electron chi connectivity index (χ3n) is 6.08. The summed E-state index contributed by atoms with van der Waals surface area (Å²) in [4.78, 5) is 24.4. The fourth-order valence-corrected chi connectivity index (χ4v) is 3.83. The van der Waals surface area contributed by atoms with Crippen LogP contribution in [0.25, 0.3) is 0 Å². The summed E-state index contributed by atoms with van der Waals surface area (Å²) in [6.07, 6.45) is 6.56. The van der Waals surface area contributed by atoms with Gasteiger partial charge in [-0.25, -0.2) is 0 Å². The van der Waals surface area contributed by atoms with Gasteiger partial charge in [0.15, 0.2) is 0 Å². The fourth-order valence-electron chi connectivity index (χ4n) is 3.83. The Bertz CT molecular complexity index is 526. The van der Waals surface area contributed by atoms with Gasteiger partial charge in [-0.1, -0.05) is 40.7 Å². The predicted octanol–water partition coefficient (Wildman–Crippen LogP) is 3.79. The summed E-state index contributed by atoms with van der Waals surface area (Å²) in [6, 6.07) is 0. The first-order chi connectivity index (χ1) is 14.6. The standard InChI is InChI=1S/C24H45NO6/c1-9-20(27)15-22(29-7)17(3)11-12-21(31-23(28)10-2)19(5)24(30-8)18(4)13-14-25(6)16-26/h13-14,16-22,24,27H,9-12,15H2,1-8H3. The van der Waals surface area contributed by atoms with Crippen molar-refractivity contribution < 1.29 is 28.9 Å². The van der Waals surface area contributed by atoms with Gasteiger partial charge in [0.2, 0.25) is 6.41 Å². The van der Waals surface area contributed by atoms with Crippen molar-refractivity contribution in [3.8, 4) is 0 Å². The van der Waals surface area contributed by atoms with Crippen LogP contribution in [0.5, 0.6) is 0 Å². The van der Waals surface area contributed by atoms with E-state index in [1.165, 1.54) is 4.90 Å². The molecule has 0 heterocycles. The molecule has 0 saturated heterocycles. The lowest BCUT2D eigenvalue weighted by molar-refractivity contribution is -0.155. The molecular formula is C24H45NO6. The van der Waals surface area contributed by atoms with Crippen LogP contribution in [0, 0.1) is 17.8 Å². The molecule has 0 rings (SSSR count). The summed E-state index contributed by atoms with van der Waals surface area (Å²) < 4.78 is 17.2. The molecule has 0 aliphatic rings. The first kappa shape index (κ1) is 29.6. The van der Waals surface area contributed by atoms with E-state index in [9.17, 15) is 14.7 Å². The number of carbonyl (C=O) groups is 2. The van der Waals surface area contributed by atoms with Gasteiger partial charge < -0.3 is 24.2 Å². The maximum absolute atomic E-state index is 12.1. The monoisotopic (exact) mass is 443 g/mol. The van der Waals surface area contributed by atoms with Crippen molar-refractivity contribution in [3.63, 3.8) is 0 Å². The van der Waals surface area contributed by atoms with Crippen molar-refractivity contribution >= 4 is 12.4 Å². The molecular weight excluding hydrogens is 398 g/mol. The van der Waals surface area contributed by atoms with E-state index in [0.717, 1.165) is 12.8 Å². The van der Waals surface area contributed by atoms with Gasteiger partial charge in [0, 0.05) is 45.7 Å². The number of aliphatic hydroxyl groups excluding tert-OH is 1. The van der Waals surface area contributed by atoms with Gasteiger partial charge in [0.05, 0.1) is 18.3 Å². The molecule has 1 N–H and O–H groups in total. The highest BCUT2D eigenvalue weighted by Gasteiger charge is 2.32. The Morgan fingerprint density at radius 1 is 1.06 bits per heavy atom. The predicted molar refractivity (Wildman–Crippen MR) is 122 cm³/mol. The third-order valence-corrected chi connectivity index (χ3v) is 6.08. The Kier molecular flexibility index (Phi) is 15.5. The van der Waals surface area contributed by atoms with E-state index >= 15 is 0 Å². The molecule has 0 spiro atoms. The van der Waals surface area contributed by atoms with Crippen molar-refractivity contribution in [2.24, 2.45) is 17.8 Å². The minimum absolute atomic E-state index is 0.0223. The van der Waals surface area contributed by atoms with Crippen LogP contribution >= 0.6 is 0 Å². The first-order valence-electron chi connectivity index (χ1n) is 11.4. The maximum atomic E-state index is 12.1. The van der Waals surface area contributed by atoms with E-state index in [-0.39, 0.29) is 48.1 Å². The minimum atomic E-state index is -0.380. The molecule has 0 aliphatic heterocycles. The van der Waals surface area contributed by atoms with Gasteiger partial charge in [0.1, 0.15) is 6.10 Å². The Morgan fingerprint density at radius 2 is 1.71 bits per heavy atom. The summed E-state index contributed by atoms with van der Waals surface area (Å²) >= 11 is 0. The van der Waals surface area contributed by atoms with Gasteiger partial charge in [-0.3, -0.25) is 9.59 Å². The van der Waals surface area contributed by atoms with Crippen molar-refractivity contribution in [2.45, 2.75) is 91.1 Å². The van der Waals surface area contributed by atoms with Crippen molar-refractivity contribution in [1.29, 1.82) is 0 Å². The zero-order valence-corrected chi connectivity index (χ0v) is 20.7. The van der Waals surface area contributed by atoms with E-state index in [0.29, 0.717) is 25.7 Å². The Balaban J connectivity index is 5.30. The Morgan fingerprint density at radius 3 is 2.19 bits per heavy atom. The first-order valence-corrected chi connectivity index (χ1v) is 11.4. The molecule has 0 aromatic carbocycles. The number of amides is 1. The van der Waals surface area contributed by atoms with E-state index < -0.39 is 0 Å². The van der Waals surface area contributed by atoms with Crippen LogP contribution < -0.4 is 0 Å². The smallest absolute Gasteiger partial charge is 0.305 e. The molecule has 7 atom stereocenters. The Hall–Kier alpha value is -1.44. The molecule has 182 valence electrons.